The summed E-state index contributed by atoms with van der Waals surface area (Å²) in [4.78, 5) is 42.4. The van der Waals surface area contributed by atoms with Gasteiger partial charge in [-0.1, -0.05) is 24.3 Å². The molecule has 0 aliphatic carbocycles. The molecule has 0 spiro atoms. The first kappa shape index (κ1) is 23.9. The Morgan fingerprint density at radius 1 is 1.08 bits per heavy atom. The van der Waals surface area contributed by atoms with E-state index in [1.807, 2.05) is 67.1 Å². The van der Waals surface area contributed by atoms with Crippen LogP contribution in [-0.2, 0) is 25.7 Å². The molecule has 3 heterocycles. The Hall–Kier alpha value is -3.82. The molecule has 0 saturated carbocycles. The standard InChI is InChI=1S/C27H26N4O4S/c1-17-7-8-20(13-18(17)2)31-26(34)22(25(33)28-27(31)36)14-19-15-30(23-6-4-3-5-21(19)23)16-24(32)29-9-11-35-12-10-29/h3-8,13-15H,9-12,16H2,1-2H3,(H,28,33,36)/b22-14+. The molecule has 2 aromatic carbocycles. The van der Waals surface area contributed by atoms with E-state index in [0.717, 1.165) is 22.0 Å². The van der Waals surface area contributed by atoms with Crippen LogP contribution in [0.1, 0.15) is 16.7 Å². The van der Waals surface area contributed by atoms with Crippen LogP contribution < -0.4 is 10.2 Å². The third-order valence-electron chi connectivity index (χ3n) is 6.64. The molecule has 0 radical (unpaired) electrons. The Balaban J connectivity index is 1.51. The van der Waals surface area contributed by atoms with Crippen molar-refractivity contribution >= 4 is 57.7 Å². The molecule has 0 atom stereocenters. The summed E-state index contributed by atoms with van der Waals surface area (Å²) >= 11 is 5.34. The zero-order chi connectivity index (χ0) is 25.4. The summed E-state index contributed by atoms with van der Waals surface area (Å²) in [6.45, 7) is 6.30. The molecule has 184 valence electrons. The summed E-state index contributed by atoms with van der Waals surface area (Å²) in [5.41, 5.74) is 4.19. The predicted molar refractivity (Wildman–Crippen MR) is 141 cm³/mol. The monoisotopic (exact) mass is 502 g/mol. The van der Waals surface area contributed by atoms with Gasteiger partial charge in [0.2, 0.25) is 5.91 Å². The number of nitrogens with zero attached hydrogens (tertiary/aromatic N) is 3. The first-order valence-electron chi connectivity index (χ1n) is 11.8. The molecular weight excluding hydrogens is 476 g/mol. The molecule has 0 unspecified atom stereocenters. The van der Waals surface area contributed by atoms with Gasteiger partial charge in [0.05, 0.1) is 18.9 Å². The van der Waals surface area contributed by atoms with Gasteiger partial charge in [-0.3, -0.25) is 24.6 Å². The SMILES string of the molecule is Cc1ccc(N2C(=O)/C(=C/c3cn(CC(=O)N4CCOCC4)c4ccccc34)C(=O)NC2=S)cc1C. The highest BCUT2D eigenvalue weighted by atomic mass is 32.1. The minimum absolute atomic E-state index is 0.00370. The van der Waals surface area contributed by atoms with E-state index in [0.29, 0.717) is 37.6 Å². The van der Waals surface area contributed by atoms with Gasteiger partial charge in [0, 0.05) is 35.8 Å². The minimum Gasteiger partial charge on any atom is -0.378 e. The smallest absolute Gasteiger partial charge is 0.270 e. The van der Waals surface area contributed by atoms with Crippen LogP contribution >= 0.6 is 12.2 Å². The molecular formula is C27H26N4O4S. The van der Waals surface area contributed by atoms with E-state index in [1.54, 1.807) is 11.0 Å². The summed E-state index contributed by atoms with van der Waals surface area (Å²) in [7, 11) is 0. The van der Waals surface area contributed by atoms with E-state index >= 15 is 0 Å². The number of ether oxygens (including phenoxy) is 1. The fraction of sp³-hybridized carbons (Fsp3) is 0.259. The van der Waals surface area contributed by atoms with Gasteiger partial charge in [0.15, 0.2) is 5.11 Å². The van der Waals surface area contributed by atoms with Gasteiger partial charge in [-0.15, -0.1) is 0 Å². The maximum absolute atomic E-state index is 13.5. The maximum atomic E-state index is 13.5. The average molecular weight is 503 g/mol. The lowest BCUT2D eigenvalue weighted by Crippen LogP contribution is -2.54. The molecule has 1 N–H and O–H groups in total. The van der Waals surface area contributed by atoms with Crippen molar-refractivity contribution in [3.8, 4) is 0 Å². The van der Waals surface area contributed by atoms with Crippen molar-refractivity contribution < 1.29 is 19.1 Å². The third kappa shape index (κ3) is 4.43. The van der Waals surface area contributed by atoms with Gasteiger partial charge in [-0.05, 0) is 61.5 Å². The zero-order valence-corrected chi connectivity index (χ0v) is 20.9. The lowest BCUT2D eigenvalue weighted by molar-refractivity contribution is -0.135. The van der Waals surface area contributed by atoms with Gasteiger partial charge < -0.3 is 14.2 Å². The Morgan fingerprint density at radius 2 is 1.83 bits per heavy atom. The van der Waals surface area contributed by atoms with Crippen LogP contribution in [-0.4, -0.2) is 58.6 Å². The quantitative estimate of drug-likeness (QED) is 0.337. The van der Waals surface area contributed by atoms with Crippen LogP contribution in [0.4, 0.5) is 5.69 Å². The first-order chi connectivity index (χ1) is 17.3. The summed E-state index contributed by atoms with van der Waals surface area (Å²) in [6, 6.07) is 13.2. The van der Waals surface area contributed by atoms with E-state index in [1.165, 1.54) is 4.90 Å². The molecule has 3 aromatic rings. The largest absolute Gasteiger partial charge is 0.378 e. The number of thiocarbonyl (C=S) groups is 1. The van der Waals surface area contributed by atoms with Crippen LogP contribution in [0.5, 0.6) is 0 Å². The van der Waals surface area contributed by atoms with E-state index in [4.69, 9.17) is 17.0 Å². The van der Waals surface area contributed by atoms with Crippen LogP contribution in [0, 0.1) is 13.8 Å². The number of para-hydroxylation sites is 1. The van der Waals surface area contributed by atoms with Crippen molar-refractivity contribution in [2.24, 2.45) is 0 Å². The van der Waals surface area contributed by atoms with Crippen molar-refractivity contribution in [2.45, 2.75) is 20.4 Å². The maximum Gasteiger partial charge on any atom is 0.270 e. The number of hydrogen-bond acceptors (Lipinski definition) is 5. The summed E-state index contributed by atoms with van der Waals surface area (Å²) in [5.74, 6) is -1.05. The predicted octanol–water partition coefficient (Wildman–Crippen LogP) is 2.95. The molecule has 8 nitrogen and oxygen atoms in total. The normalized spacial score (nSPS) is 17.7. The van der Waals surface area contributed by atoms with Crippen molar-refractivity contribution in [1.82, 2.24) is 14.8 Å². The topological polar surface area (TPSA) is 83.9 Å². The summed E-state index contributed by atoms with van der Waals surface area (Å²) in [5, 5.41) is 3.53. The van der Waals surface area contributed by atoms with Gasteiger partial charge in [-0.2, -0.15) is 0 Å². The molecule has 2 aliphatic heterocycles. The Morgan fingerprint density at radius 3 is 2.58 bits per heavy atom. The second-order valence-electron chi connectivity index (χ2n) is 8.95. The van der Waals surface area contributed by atoms with Crippen LogP contribution in [0.25, 0.3) is 17.0 Å². The van der Waals surface area contributed by atoms with Gasteiger partial charge in [-0.25, -0.2) is 0 Å². The van der Waals surface area contributed by atoms with Crippen molar-refractivity contribution in [3.05, 3.63) is 70.9 Å². The van der Waals surface area contributed by atoms with Crippen molar-refractivity contribution in [2.75, 3.05) is 31.2 Å². The number of fused-ring (bicyclic) bond motifs is 1. The fourth-order valence-corrected chi connectivity index (χ4v) is 4.77. The molecule has 2 fully saturated rings. The van der Waals surface area contributed by atoms with Gasteiger partial charge >= 0.3 is 0 Å². The number of aryl methyl sites for hydroxylation is 2. The third-order valence-corrected chi connectivity index (χ3v) is 6.92. The van der Waals surface area contributed by atoms with Crippen LogP contribution in [0.2, 0.25) is 0 Å². The summed E-state index contributed by atoms with van der Waals surface area (Å²) in [6.07, 6.45) is 3.38. The van der Waals surface area contributed by atoms with E-state index in [9.17, 15) is 14.4 Å². The number of rotatable bonds is 4. The van der Waals surface area contributed by atoms with Gasteiger partial charge in [0.1, 0.15) is 12.1 Å². The average Bonchev–Trinajstić information content (AvgIpc) is 3.21. The number of carbonyl (C=O) groups is 3. The molecule has 3 amide bonds. The lowest BCUT2D eigenvalue weighted by Gasteiger charge is -2.29. The fourth-order valence-electron chi connectivity index (χ4n) is 4.49. The number of aromatic nitrogens is 1. The molecule has 2 aliphatic rings. The highest BCUT2D eigenvalue weighted by molar-refractivity contribution is 7.80. The number of anilines is 1. The Labute approximate surface area is 214 Å². The number of benzene rings is 2. The Bertz CT molecular complexity index is 1430. The van der Waals surface area contributed by atoms with E-state index < -0.39 is 11.8 Å². The second kappa shape index (κ2) is 9.67. The summed E-state index contributed by atoms with van der Waals surface area (Å²) < 4.78 is 7.21. The molecule has 9 heteroatoms. The molecule has 0 bridgehead atoms. The van der Waals surface area contributed by atoms with E-state index in [-0.39, 0.29) is 23.1 Å². The highest BCUT2D eigenvalue weighted by Gasteiger charge is 2.35. The minimum atomic E-state index is -0.550. The van der Waals surface area contributed by atoms with Crippen LogP contribution in [0.3, 0.4) is 0 Å². The molecule has 1 aromatic heterocycles. The number of carbonyl (C=O) groups excluding carboxylic acids is 3. The highest BCUT2D eigenvalue weighted by Crippen LogP contribution is 2.27. The Kier molecular flexibility index (Phi) is 6.42. The molecule has 2 saturated heterocycles. The molecule has 5 rings (SSSR count). The van der Waals surface area contributed by atoms with Crippen LogP contribution in [0.15, 0.2) is 54.2 Å². The van der Waals surface area contributed by atoms with Crippen molar-refractivity contribution in [1.29, 1.82) is 0 Å². The number of hydrogen-bond donors (Lipinski definition) is 1. The number of amides is 3. The molecule has 36 heavy (non-hydrogen) atoms. The van der Waals surface area contributed by atoms with Crippen molar-refractivity contribution in [3.63, 3.8) is 0 Å². The first-order valence-corrected chi connectivity index (χ1v) is 12.2. The van der Waals surface area contributed by atoms with Gasteiger partial charge in [0.25, 0.3) is 11.8 Å². The lowest BCUT2D eigenvalue weighted by atomic mass is 10.0. The van der Waals surface area contributed by atoms with E-state index in [2.05, 4.69) is 5.32 Å². The number of morpholine rings is 1. The number of nitrogens with one attached hydrogen (secondary N) is 1. The zero-order valence-electron chi connectivity index (χ0n) is 20.1. The second-order valence-corrected chi connectivity index (χ2v) is 9.34.